The highest BCUT2D eigenvalue weighted by atomic mass is 16.1. The van der Waals surface area contributed by atoms with Crippen LogP contribution in [-0.2, 0) is 11.8 Å². The van der Waals surface area contributed by atoms with Crippen molar-refractivity contribution in [1.82, 2.24) is 9.78 Å². The SMILES string of the molecule is CCC1(CC)C(=O)CC1c1ccnn1C. The fourth-order valence-corrected chi connectivity index (χ4v) is 2.90. The molecule has 0 aromatic carbocycles. The molecule has 0 aliphatic heterocycles. The molecule has 1 heterocycles. The normalized spacial score (nSPS) is 23.9. The molecule has 82 valence electrons. The van der Waals surface area contributed by atoms with Crippen molar-refractivity contribution < 1.29 is 4.79 Å². The fourth-order valence-electron chi connectivity index (χ4n) is 2.90. The maximum atomic E-state index is 11.8. The lowest BCUT2D eigenvalue weighted by Crippen LogP contribution is -2.48. The van der Waals surface area contributed by atoms with Gasteiger partial charge in [-0.05, 0) is 18.9 Å². The second-order valence-corrected chi connectivity index (χ2v) is 4.42. The number of Topliss-reactive ketones (excluding diaryl/α,β-unsaturated/α-hetero) is 1. The maximum absolute atomic E-state index is 11.8. The van der Waals surface area contributed by atoms with Gasteiger partial charge < -0.3 is 0 Å². The first-order valence-electron chi connectivity index (χ1n) is 5.67. The number of nitrogens with zero attached hydrogens (tertiary/aromatic N) is 2. The van der Waals surface area contributed by atoms with Crippen LogP contribution in [0.1, 0.15) is 44.7 Å². The largest absolute Gasteiger partial charge is 0.299 e. The van der Waals surface area contributed by atoms with Gasteiger partial charge in [-0.2, -0.15) is 5.10 Å². The number of rotatable bonds is 3. The first kappa shape index (κ1) is 10.4. The van der Waals surface area contributed by atoms with Crippen LogP contribution in [-0.4, -0.2) is 15.6 Å². The summed E-state index contributed by atoms with van der Waals surface area (Å²) < 4.78 is 1.90. The summed E-state index contributed by atoms with van der Waals surface area (Å²) in [5, 5.41) is 4.18. The van der Waals surface area contributed by atoms with E-state index in [0.717, 1.165) is 12.8 Å². The van der Waals surface area contributed by atoms with Gasteiger partial charge in [0.25, 0.3) is 0 Å². The molecule has 0 N–H and O–H groups in total. The molecule has 0 radical (unpaired) electrons. The van der Waals surface area contributed by atoms with Crippen molar-refractivity contribution >= 4 is 5.78 Å². The first-order chi connectivity index (χ1) is 7.15. The van der Waals surface area contributed by atoms with Gasteiger partial charge in [-0.3, -0.25) is 9.48 Å². The topological polar surface area (TPSA) is 34.9 Å². The van der Waals surface area contributed by atoms with E-state index >= 15 is 0 Å². The highest BCUT2D eigenvalue weighted by Gasteiger charge is 2.53. The predicted molar refractivity (Wildman–Crippen MR) is 58.6 cm³/mol. The van der Waals surface area contributed by atoms with Crippen LogP contribution in [0.3, 0.4) is 0 Å². The number of carbonyl (C=O) groups is 1. The van der Waals surface area contributed by atoms with Crippen molar-refractivity contribution in [2.24, 2.45) is 12.5 Å². The molecule has 0 saturated heterocycles. The second kappa shape index (κ2) is 3.47. The third kappa shape index (κ3) is 1.25. The first-order valence-corrected chi connectivity index (χ1v) is 5.67. The lowest BCUT2D eigenvalue weighted by molar-refractivity contribution is -0.142. The van der Waals surface area contributed by atoms with Crippen molar-refractivity contribution in [3.05, 3.63) is 18.0 Å². The molecule has 2 rings (SSSR count). The van der Waals surface area contributed by atoms with Crippen LogP contribution in [0.4, 0.5) is 0 Å². The van der Waals surface area contributed by atoms with Crippen LogP contribution < -0.4 is 0 Å². The van der Waals surface area contributed by atoms with E-state index in [9.17, 15) is 4.79 Å². The lowest BCUT2D eigenvalue weighted by atomic mass is 9.55. The molecule has 0 amide bonds. The summed E-state index contributed by atoms with van der Waals surface area (Å²) in [6.45, 7) is 4.23. The molecule has 1 aromatic rings. The molecule has 1 aliphatic carbocycles. The van der Waals surface area contributed by atoms with Gasteiger partial charge in [0.15, 0.2) is 0 Å². The van der Waals surface area contributed by atoms with E-state index in [0.29, 0.717) is 18.1 Å². The fraction of sp³-hybridized carbons (Fsp3) is 0.667. The summed E-state index contributed by atoms with van der Waals surface area (Å²) in [7, 11) is 1.95. The standard InChI is InChI=1S/C12H18N2O/c1-4-12(5-2)9(8-11(12)15)10-6-7-13-14(10)3/h6-7,9H,4-5,8H2,1-3H3. The molecule has 1 aliphatic rings. The molecular formula is C12H18N2O. The molecule has 1 unspecified atom stereocenters. The minimum Gasteiger partial charge on any atom is -0.299 e. The molecule has 1 fully saturated rings. The van der Waals surface area contributed by atoms with Gasteiger partial charge in [-0.1, -0.05) is 13.8 Å². The molecular weight excluding hydrogens is 188 g/mol. The van der Waals surface area contributed by atoms with Crippen LogP contribution in [0.15, 0.2) is 12.3 Å². The van der Waals surface area contributed by atoms with E-state index in [1.54, 1.807) is 0 Å². The van der Waals surface area contributed by atoms with E-state index in [-0.39, 0.29) is 5.41 Å². The van der Waals surface area contributed by atoms with Gasteiger partial charge >= 0.3 is 0 Å². The minimum absolute atomic E-state index is 0.103. The summed E-state index contributed by atoms with van der Waals surface area (Å²) in [4.78, 5) is 11.8. The lowest BCUT2D eigenvalue weighted by Gasteiger charge is -2.47. The quantitative estimate of drug-likeness (QED) is 0.760. The van der Waals surface area contributed by atoms with E-state index in [1.165, 1.54) is 5.69 Å². The van der Waals surface area contributed by atoms with E-state index < -0.39 is 0 Å². The van der Waals surface area contributed by atoms with Gasteiger partial charge in [0.1, 0.15) is 5.78 Å². The summed E-state index contributed by atoms with van der Waals surface area (Å²) in [6, 6.07) is 2.04. The van der Waals surface area contributed by atoms with Crippen LogP contribution in [0.5, 0.6) is 0 Å². The molecule has 3 nitrogen and oxygen atoms in total. The number of aromatic nitrogens is 2. The molecule has 0 bridgehead atoms. The van der Waals surface area contributed by atoms with Crippen LogP contribution in [0.25, 0.3) is 0 Å². The van der Waals surface area contributed by atoms with Crippen LogP contribution in [0, 0.1) is 5.41 Å². The average molecular weight is 206 g/mol. The molecule has 1 saturated carbocycles. The summed E-state index contributed by atoms with van der Waals surface area (Å²) >= 11 is 0. The number of aryl methyl sites for hydroxylation is 1. The van der Waals surface area contributed by atoms with Gasteiger partial charge in [-0.25, -0.2) is 0 Å². The minimum atomic E-state index is -0.103. The smallest absolute Gasteiger partial charge is 0.140 e. The molecule has 1 atom stereocenters. The molecule has 0 spiro atoms. The van der Waals surface area contributed by atoms with Crippen molar-refractivity contribution in [2.45, 2.75) is 39.0 Å². The van der Waals surface area contributed by atoms with E-state index in [4.69, 9.17) is 0 Å². The zero-order valence-corrected chi connectivity index (χ0v) is 9.66. The molecule has 15 heavy (non-hydrogen) atoms. The van der Waals surface area contributed by atoms with Gasteiger partial charge in [-0.15, -0.1) is 0 Å². The second-order valence-electron chi connectivity index (χ2n) is 4.42. The Labute approximate surface area is 90.5 Å². The predicted octanol–water partition coefficient (Wildman–Crippen LogP) is 2.28. The average Bonchev–Trinajstić information content (AvgIpc) is 2.63. The zero-order chi connectivity index (χ0) is 11.1. The number of ketones is 1. The van der Waals surface area contributed by atoms with E-state index in [2.05, 4.69) is 18.9 Å². The third-order valence-electron chi connectivity index (χ3n) is 4.09. The number of carbonyl (C=O) groups excluding carboxylic acids is 1. The van der Waals surface area contributed by atoms with Crippen molar-refractivity contribution in [1.29, 1.82) is 0 Å². The maximum Gasteiger partial charge on any atom is 0.140 e. The van der Waals surface area contributed by atoms with Gasteiger partial charge in [0.05, 0.1) is 0 Å². The third-order valence-corrected chi connectivity index (χ3v) is 4.09. The Kier molecular flexibility index (Phi) is 2.41. The Morgan fingerprint density at radius 2 is 2.20 bits per heavy atom. The van der Waals surface area contributed by atoms with Crippen LogP contribution in [0.2, 0.25) is 0 Å². The number of hydrogen-bond acceptors (Lipinski definition) is 2. The summed E-state index contributed by atoms with van der Waals surface area (Å²) in [6.07, 6.45) is 4.39. The van der Waals surface area contributed by atoms with E-state index in [1.807, 2.05) is 24.0 Å². The Balaban J connectivity index is 2.33. The Morgan fingerprint density at radius 1 is 1.53 bits per heavy atom. The Bertz CT molecular complexity index is 377. The molecule has 3 heteroatoms. The summed E-state index contributed by atoms with van der Waals surface area (Å²) in [5.74, 6) is 0.811. The Morgan fingerprint density at radius 3 is 2.60 bits per heavy atom. The zero-order valence-electron chi connectivity index (χ0n) is 9.66. The van der Waals surface area contributed by atoms with Gasteiger partial charge in [0, 0.05) is 36.7 Å². The summed E-state index contributed by atoms with van der Waals surface area (Å²) in [5.41, 5.74) is 1.10. The van der Waals surface area contributed by atoms with Gasteiger partial charge in [0.2, 0.25) is 0 Å². The van der Waals surface area contributed by atoms with Crippen molar-refractivity contribution in [2.75, 3.05) is 0 Å². The highest BCUT2D eigenvalue weighted by Crippen LogP contribution is 2.54. The highest BCUT2D eigenvalue weighted by molar-refractivity contribution is 5.93. The molecule has 1 aromatic heterocycles. The van der Waals surface area contributed by atoms with Crippen LogP contribution >= 0.6 is 0 Å². The monoisotopic (exact) mass is 206 g/mol. The number of hydrogen-bond donors (Lipinski definition) is 0. The van der Waals surface area contributed by atoms with Crippen molar-refractivity contribution in [3.63, 3.8) is 0 Å². The Hall–Kier alpha value is -1.12. The van der Waals surface area contributed by atoms with Crippen molar-refractivity contribution in [3.8, 4) is 0 Å².